The van der Waals surface area contributed by atoms with Crippen molar-refractivity contribution in [2.24, 2.45) is 0 Å². The quantitative estimate of drug-likeness (QED) is 0.783. The van der Waals surface area contributed by atoms with Gasteiger partial charge in [-0.15, -0.1) is 11.3 Å². The Labute approximate surface area is 101 Å². The molecule has 0 aliphatic rings. The minimum atomic E-state index is -0.546. The van der Waals surface area contributed by atoms with Crippen molar-refractivity contribution < 1.29 is 14.1 Å². The van der Waals surface area contributed by atoms with Crippen molar-refractivity contribution in [3.63, 3.8) is 0 Å². The molecule has 2 aromatic rings. The van der Waals surface area contributed by atoms with Gasteiger partial charge in [0.25, 0.3) is 5.91 Å². The van der Waals surface area contributed by atoms with Gasteiger partial charge in [-0.3, -0.25) is 20.4 Å². The van der Waals surface area contributed by atoms with Crippen molar-refractivity contribution in [1.82, 2.24) is 16.0 Å². The van der Waals surface area contributed by atoms with Crippen LogP contribution in [0.1, 0.15) is 25.9 Å². The monoisotopic (exact) mass is 251 g/mol. The standard InChI is InChI=1S/C10H9N3O3S/c1-6-5-7(16-13-6)9(14)11-12-10(15)8-3-2-4-17-8/h2-5H,1H3,(H,11,14)(H,12,15). The first-order valence-corrected chi connectivity index (χ1v) is 5.62. The van der Waals surface area contributed by atoms with Gasteiger partial charge in [0, 0.05) is 6.07 Å². The van der Waals surface area contributed by atoms with E-state index in [4.69, 9.17) is 4.52 Å². The molecule has 0 unspecified atom stereocenters. The number of carbonyl (C=O) groups is 2. The third-order valence-electron chi connectivity index (χ3n) is 1.89. The molecule has 6 nitrogen and oxygen atoms in total. The van der Waals surface area contributed by atoms with Crippen molar-refractivity contribution in [3.05, 3.63) is 39.9 Å². The van der Waals surface area contributed by atoms with Gasteiger partial charge >= 0.3 is 5.91 Å². The molecular weight excluding hydrogens is 242 g/mol. The van der Waals surface area contributed by atoms with Crippen LogP contribution in [0.4, 0.5) is 0 Å². The topological polar surface area (TPSA) is 84.2 Å². The summed E-state index contributed by atoms with van der Waals surface area (Å²) in [7, 11) is 0. The van der Waals surface area contributed by atoms with Crippen molar-refractivity contribution in [2.75, 3.05) is 0 Å². The number of amides is 2. The van der Waals surface area contributed by atoms with E-state index in [1.165, 1.54) is 17.4 Å². The second kappa shape index (κ2) is 4.79. The zero-order valence-electron chi connectivity index (χ0n) is 8.89. The molecule has 7 heteroatoms. The summed E-state index contributed by atoms with van der Waals surface area (Å²) in [5, 5.41) is 5.34. The molecule has 2 amide bonds. The van der Waals surface area contributed by atoms with Crippen LogP contribution in [0.5, 0.6) is 0 Å². The summed E-state index contributed by atoms with van der Waals surface area (Å²) in [6.07, 6.45) is 0. The van der Waals surface area contributed by atoms with Gasteiger partial charge in [0.05, 0.1) is 10.6 Å². The summed E-state index contributed by atoms with van der Waals surface area (Å²) in [6, 6.07) is 4.89. The summed E-state index contributed by atoms with van der Waals surface area (Å²) in [4.78, 5) is 23.5. The van der Waals surface area contributed by atoms with Gasteiger partial charge in [-0.1, -0.05) is 11.2 Å². The molecule has 0 aliphatic heterocycles. The molecule has 0 bridgehead atoms. The molecule has 0 radical (unpaired) electrons. The van der Waals surface area contributed by atoms with Crippen LogP contribution in [-0.4, -0.2) is 17.0 Å². The molecule has 0 fully saturated rings. The number of nitrogens with zero attached hydrogens (tertiary/aromatic N) is 1. The molecule has 0 aliphatic carbocycles. The number of thiophene rings is 1. The number of rotatable bonds is 2. The highest BCUT2D eigenvalue weighted by atomic mass is 32.1. The highest BCUT2D eigenvalue weighted by molar-refractivity contribution is 7.12. The molecule has 0 spiro atoms. The van der Waals surface area contributed by atoms with E-state index in [1.54, 1.807) is 24.4 Å². The molecule has 17 heavy (non-hydrogen) atoms. The Hall–Kier alpha value is -2.15. The van der Waals surface area contributed by atoms with E-state index in [9.17, 15) is 9.59 Å². The molecular formula is C10H9N3O3S. The Morgan fingerprint density at radius 2 is 2.12 bits per heavy atom. The number of aryl methyl sites for hydroxylation is 1. The smallest absolute Gasteiger partial charge is 0.308 e. The van der Waals surface area contributed by atoms with Crippen molar-refractivity contribution in [3.8, 4) is 0 Å². The van der Waals surface area contributed by atoms with Crippen LogP contribution in [-0.2, 0) is 0 Å². The number of hydrogen-bond donors (Lipinski definition) is 2. The van der Waals surface area contributed by atoms with Crippen LogP contribution in [0.2, 0.25) is 0 Å². The van der Waals surface area contributed by atoms with Crippen LogP contribution in [0.15, 0.2) is 28.1 Å². The first kappa shape index (κ1) is 11.3. The zero-order valence-corrected chi connectivity index (χ0v) is 9.71. The fourth-order valence-electron chi connectivity index (χ4n) is 1.12. The van der Waals surface area contributed by atoms with Crippen LogP contribution in [0, 0.1) is 6.92 Å². The minimum Gasteiger partial charge on any atom is -0.351 e. The van der Waals surface area contributed by atoms with E-state index in [1.807, 2.05) is 0 Å². The van der Waals surface area contributed by atoms with E-state index in [0.717, 1.165) is 0 Å². The van der Waals surface area contributed by atoms with Gasteiger partial charge < -0.3 is 4.52 Å². The van der Waals surface area contributed by atoms with Gasteiger partial charge in [-0.25, -0.2) is 0 Å². The molecule has 2 rings (SSSR count). The maximum absolute atomic E-state index is 11.5. The van der Waals surface area contributed by atoms with Gasteiger partial charge in [0.1, 0.15) is 0 Å². The first-order valence-electron chi connectivity index (χ1n) is 4.74. The van der Waals surface area contributed by atoms with E-state index >= 15 is 0 Å². The highest BCUT2D eigenvalue weighted by Crippen LogP contribution is 2.07. The van der Waals surface area contributed by atoms with Crippen molar-refractivity contribution >= 4 is 23.2 Å². The summed E-state index contributed by atoms with van der Waals surface area (Å²) in [5.41, 5.74) is 5.11. The molecule has 88 valence electrons. The molecule has 2 heterocycles. The molecule has 2 N–H and O–H groups in total. The third-order valence-corrected chi connectivity index (χ3v) is 2.75. The van der Waals surface area contributed by atoms with Crippen LogP contribution < -0.4 is 10.9 Å². The first-order chi connectivity index (χ1) is 8.16. The fourth-order valence-corrected chi connectivity index (χ4v) is 1.73. The molecule has 0 atom stereocenters. The number of aromatic nitrogens is 1. The summed E-state index contributed by atoms with van der Waals surface area (Å²) in [6.45, 7) is 1.70. The number of hydrazine groups is 1. The maximum atomic E-state index is 11.5. The van der Waals surface area contributed by atoms with Crippen LogP contribution in [0.3, 0.4) is 0 Å². The summed E-state index contributed by atoms with van der Waals surface area (Å²) < 4.78 is 4.74. The minimum absolute atomic E-state index is 0.0500. The maximum Gasteiger partial charge on any atom is 0.308 e. The van der Waals surface area contributed by atoms with Gasteiger partial charge in [-0.2, -0.15) is 0 Å². The molecule has 0 aromatic carbocycles. The normalized spacial score (nSPS) is 9.94. The van der Waals surface area contributed by atoms with E-state index in [2.05, 4.69) is 16.0 Å². The Morgan fingerprint density at radius 3 is 2.71 bits per heavy atom. The van der Waals surface area contributed by atoms with E-state index < -0.39 is 5.91 Å². The molecule has 0 saturated carbocycles. The lowest BCUT2D eigenvalue weighted by Gasteiger charge is -2.03. The average Bonchev–Trinajstić information content (AvgIpc) is 2.95. The van der Waals surface area contributed by atoms with Crippen LogP contribution >= 0.6 is 11.3 Å². The fraction of sp³-hybridized carbons (Fsp3) is 0.100. The second-order valence-corrected chi connectivity index (χ2v) is 4.17. The summed E-state index contributed by atoms with van der Waals surface area (Å²) in [5.74, 6) is -0.867. The zero-order chi connectivity index (χ0) is 12.3. The Bertz CT molecular complexity index is 533. The number of carbonyl (C=O) groups excluding carboxylic acids is 2. The van der Waals surface area contributed by atoms with E-state index in [-0.39, 0.29) is 11.7 Å². The SMILES string of the molecule is Cc1cc(C(=O)NNC(=O)c2cccs2)on1. The predicted octanol–water partition coefficient (Wildman–Crippen LogP) is 1.12. The third kappa shape index (κ3) is 2.70. The average molecular weight is 251 g/mol. The molecule has 2 aromatic heterocycles. The second-order valence-electron chi connectivity index (χ2n) is 3.22. The van der Waals surface area contributed by atoms with Gasteiger partial charge in [0.2, 0.25) is 5.76 Å². The highest BCUT2D eigenvalue weighted by Gasteiger charge is 2.13. The number of nitrogens with one attached hydrogen (secondary N) is 2. The van der Waals surface area contributed by atoms with Crippen molar-refractivity contribution in [1.29, 1.82) is 0 Å². The summed E-state index contributed by atoms with van der Waals surface area (Å²) >= 11 is 1.28. The lowest BCUT2D eigenvalue weighted by atomic mass is 10.4. The van der Waals surface area contributed by atoms with Crippen molar-refractivity contribution in [2.45, 2.75) is 6.92 Å². The lowest BCUT2D eigenvalue weighted by molar-refractivity contribution is 0.0827. The van der Waals surface area contributed by atoms with E-state index in [0.29, 0.717) is 10.6 Å². The van der Waals surface area contributed by atoms with Gasteiger partial charge in [-0.05, 0) is 18.4 Å². The Morgan fingerprint density at radius 1 is 1.35 bits per heavy atom. The predicted molar refractivity (Wildman–Crippen MR) is 60.5 cm³/mol. The molecule has 0 saturated heterocycles. The lowest BCUT2D eigenvalue weighted by Crippen LogP contribution is -2.41. The largest absolute Gasteiger partial charge is 0.351 e. The van der Waals surface area contributed by atoms with Gasteiger partial charge in [0.15, 0.2) is 0 Å². The Kier molecular flexibility index (Phi) is 3.20. The van der Waals surface area contributed by atoms with Crippen LogP contribution in [0.25, 0.3) is 0 Å². The number of hydrogen-bond acceptors (Lipinski definition) is 5. The Balaban J connectivity index is 1.91.